The van der Waals surface area contributed by atoms with Crippen LogP contribution in [0.25, 0.3) is 12.2 Å². The maximum atomic E-state index is 12.8. The molecule has 0 amide bonds. The highest BCUT2D eigenvalue weighted by Crippen LogP contribution is 2.40. The molecule has 0 aliphatic carbocycles. The fourth-order valence-electron chi connectivity index (χ4n) is 2.31. The summed E-state index contributed by atoms with van der Waals surface area (Å²) < 4.78 is 0.677. The Hall–Kier alpha value is -1.98. The molecule has 0 saturated carbocycles. The van der Waals surface area contributed by atoms with Crippen LogP contribution in [0, 0.1) is 0 Å². The molecule has 0 fully saturated rings. The normalized spacial score (nSPS) is 13.6. The number of carbonyl (C=O) groups is 2. The van der Waals surface area contributed by atoms with Gasteiger partial charge in [0.15, 0.2) is 11.6 Å². The Morgan fingerprint density at radius 1 is 0.679 bits per heavy atom. The largest absolute Gasteiger partial charge is 0.289 e. The van der Waals surface area contributed by atoms with Gasteiger partial charge in [0, 0.05) is 10.0 Å². The fourth-order valence-corrected chi connectivity index (χ4v) is 4.44. The number of hydrogen-bond donors (Lipinski definition) is 0. The first kappa shape index (κ1) is 20.7. The fraction of sp³-hybridized carbons (Fsp3) is 0. The molecule has 3 rings (SSSR count). The van der Waals surface area contributed by atoms with E-state index in [1.165, 1.54) is 35.7 Å². The van der Waals surface area contributed by atoms with Gasteiger partial charge in [0.1, 0.15) is 0 Å². The van der Waals surface area contributed by atoms with Gasteiger partial charge in [0.05, 0.1) is 9.81 Å². The quantitative estimate of drug-likeness (QED) is 0.272. The number of allylic oxidation sites excluding steroid dienone is 3. The van der Waals surface area contributed by atoms with E-state index in [0.717, 1.165) is 11.1 Å². The zero-order valence-electron chi connectivity index (χ0n) is 14.5. The number of ketones is 2. The van der Waals surface area contributed by atoms with E-state index in [4.69, 9.17) is 23.2 Å². The lowest BCUT2D eigenvalue weighted by Gasteiger charge is -2.04. The van der Waals surface area contributed by atoms with Gasteiger partial charge in [-0.25, -0.2) is 0 Å². The molecule has 0 bridgehead atoms. The number of thioether (sulfide) groups is 2. The zero-order valence-corrected chi connectivity index (χ0v) is 17.6. The molecule has 1 aliphatic heterocycles. The Morgan fingerprint density at radius 3 is 1.46 bits per heavy atom. The maximum absolute atomic E-state index is 12.8. The molecule has 140 valence electrons. The molecule has 0 saturated heterocycles. The van der Waals surface area contributed by atoms with Gasteiger partial charge in [0.25, 0.3) is 0 Å². The molecule has 0 N–H and O–H groups in total. The van der Waals surface area contributed by atoms with Crippen LogP contribution in [0.1, 0.15) is 11.1 Å². The van der Waals surface area contributed by atoms with Crippen LogP contribution in [-0.4, -0.2) is 11.6 Å². The SMILES string of the molecule is O=C(/C=C/c1ccc(Cl)cc1)C(C(=O)/C=C/c1ccc(Cl)cc1)=C1SC=CS1. The maximum Gasteiger partial charge on any atom is 0.191 e. The molecule has 6 heteroatoms. The summed E-state index contributed by atoms with van der Waals surface area (Å²) in [5.41, 5.74) is 1.82. The minimum atomic E-state index is -0.334. The van der Waals surface area contributed by atoms with Crippen LogP contribution < -0.4 is 0 Å². The molecular formula is C22H14Cl2O2S2. The second kappa shape index (κ2) is 9.99. The number of hydrogen-bond acceptors (Lipinski definition) is 4. The summed E-state index contributed by atoms with van der Waals surface area (Å²) in [5, 5.41) is 4.95. The van der Waals surface area contributed by atoms with Gasteiger partial charge in [-0.1, -0.05) is 83.1 Å². The van der Waals surface area contributed by atoms with Crippen molar-refractivity contribution in [3.8, 4) is 0 Å². The number of rotatable bonds is 6. The first-order valence-corrected chi connectivity index (χ1v) is 10.7. The summed E-state index contributed by atoms with van der Waals surface area (Å²) in [6.45, 7) is 0. The minimum absolute atomic E-state index is 0.162. The lowest BCUT2D eigenvalue weighted by atomic mass is 10.1. The van der Waals surface area contributed by atoms with Crippen molar-refractivity contribution in [1.29, 1.82) is 0 Å². The highest BCUT2D eigenvalue weighted by Gasteiger charge is 2.21. The van der Waals surface area contributed by atoms with Crippen LogP contribution in [0.4, 0.5) is 0 Å². The van der Waals surface area contributed by atoms with E-state index in [2.05, 4.69) is 0 Å². The van der Waals surface area contributed by atoms with Crippen molar-refractivity contribution < 1.29 is 9.59 Å². The van der Waals surface area contributed by atoms with E-state index in [0.29, 0.717) is 14.3 Å². The first-order valence-electron chi connectivity index (χ1n) is 8.21. The summed E-state index contributed by atoms with van der Waals surface area (Å²) in [6, 6.07) is 14.2. The van der Waals surface area contributed by atoms with Crippen LogP contribution in [0.15, 0.2) is 81.3 Å². The topological polar surface area (TPSA) is 34.1 Å². The van der Waals surface area contributed by atoms with Crippen LogP contribution in [0.5, 0.6) is 0 Å². The van der Waals surface area contributed by atoms with E-state index >= 15 is 0 Å². The molecule has 0 radical (unpaired) electrons. The highest BCUT2D eigenvalue weighted by molar-refractivity contribution is 8.27. The Morgan fingerprint density at radius 2 is 1.07 bits per heavy atom. The molecule has 2 aromatic rings. The first-order chi connectivity index (χ1) is 13.5. The predicted octanol–water partition coefficient (Wildman–Crippen LogP) is 7.02. The van der Waals surface area contributed by atoms with Gasteiger partial charge in [-0.05, 0) is 58.4 Å². The van der Waals surface area contributed by atoms with E-state index in [1.807, 2.05) is 35.1 Å². The van der Waals surface area contributed by atoms with Crippen LogP contribution in [0.2, 0.25) is 10.0 Å². The lowest BCUT2D eigenvalue weighted by Crippen LogP contribution is -2.10. The number of carbonyl (C=O) groups excluding carboxylic acids is 2. The molecule has 0 atom stereocenters. The summed E-state index contributed by atoms with van der Waals surface area (Å²) in [6.07, 6.45) is 6.18. The van der Waals surface area contributed by atoms with Crippen molar-refractivity contribution in [3.63, 3.8) is 0 Å². The number of benzene rings is 2. The van der Waals surface area contributed by atoms with Gasteiger partial charge in [0.2, 0.25) is 0 Å². The summed E-state index contributed by atoms with van der Waals surface area (Å²) >= 11 is 14.5. The molecule has 2 aromatic carbocycles. The van der Waals surface area contributed by atoms with E-state index in [9.17, 15) is 9.59 Å². The van der Waals surface area contributed by atoms with Crippen molar-refractivity contribution in [2.45, 2.75) is 0 Å². The van der Waals surface area contributed by atoms with Crippen molar-refractivity contribution in [1.82, 2.24) is 0 Å². The Labute approximate surface area is 182 Å². The second-order valence-electron chi connectivity index (χ2n) is 5.67. The van der Waals surface area contributed by atoms with Crippen molar-refractivity contribution in [2.24, 2.45) is 0 Å². The van der Waals surface area contributed by atoms with Gasteiger partial charge >= 0.3 is 0 Å². The van der Waals surface area contributed by atoms with Crippen LogP contribution in [-0.2, 0) is 9.59 Å². The van der Waals surface area contributed by atoms with Gasteiger partial charge < -0.3 is 0 Å². The Balaban J connectivity index is 1.81. The standard InChI is InChI=1S/C22H14Cl2O2S2/c23-17-7-1-15(2-8-17)5-11-19(25)21(22-27-13-14-28-22)20(26)12-6-16-3-9-18(24)10-4-16/h1-14H/b11-5+,12-6+. The minimum Gasteiger partial charge on any atom is -0.289 e. The summed E-state index contributed by atoms with van der Waals surface area (Å²) in [5.74, 6) is -0.668. The van der Waals surface area contributed by atoms with Gasteiger partial charge in [-0.3, -0.25) is 9.59 Å². The monoisotopic (exact) mass is 444 g/mol. The van der Waals surface area contributed by atoms with Crippen molar-refractivity contribution in [2.75, 3.05) is 0 Å². The number of halogens is 2. The third-order valence-electron chi connectivity index (χ3n) is 3.70. The molecule has 0 spiro atoms. The Kier molecular flexibility index (Phi) is 7.40. The van der Waals surface area contributed by atoms with Crippen LogP contribution >= 0.6 is 46.7 Å². The zero-order chi connectivity index (χ0) is 19.9. The van der Waals surface area contributed by atoms with E-state index < -0.39 is 0 Å². The highest BCUT2D eigenvalue weighted by atomic mass is 35.5. The summed E-state index contributed by atoms with van der Waals surface area (Å²) in [4.78, 5) is 25.5. The molecule has 28 heavy (non-hydrogen) atoms. The summed E-state index contributed by atoms with van der Waals surface area (Å²) in [7, 11) is 0. The molecule has 1 aliphatic rings. The van der Waals surface area contributed by atoms with Crippen molar-refractivity contribution in [3.05, 3.63) is 102 Å². The molecule has 0 unspecified atom stereocenters. The molecular weight excluding hydrogens is 431 g/mol. The Bertz CT molecular complexity index is 922. The van der Waals surface area contributed by atoms with E-state index in [-0.39, 0.29) is 17.1 Å². The van der Waals surface area contributed by atoms with Gasteiger partial charge in [-0.15, -0.1) is 0 Å². The average Bonchev–Trinajstić information content (AvgIpc) is 3.21. The lowest BCUT2D eigenvalue weighted by molar-refractivity contribution is -0.116. The van der Waals surface area contributed by atoms with Gasteiger partial charge in [-0.2, -0.15) is 0 Å². The van der Waals surface area contributed by atoms with E-state index in [1.54, 1.807) is 36.4 Å². The molecule has 2 nitrogen and oxygen atoms in total. The molecule has 1 heterocycles. The smallest absolute Gasteiger partial charge is 0.191 e. The van der Waals surface area contributed by atoms with Crippen molar-refractivity contribution >= 4 is 70.4 Å². The third-order valence-corrected chi connectivity index (χ3v) is 6.33. The van der Waals surface area contributed by atoms with Crippen LogP contribution in [0.3, 0.4) is 0 Å². The second-order valence-corrected chi connectivity index (χ2v) is 8.63. The third kappa shape index (κ3) is 5.76. The average molecular weight is 445 g/mol. The predicted molar refractivity (Wildman–Crippen MR) is 122 cm³/mol. The molecule has 0 aromatic heterocycles.